The van der Waals surface area contributed by atoms with Gasteiger partial charge in [0.1, 0.15) is 0 Å². The molecule has 2 aromatic heterocycles. The third-order valence-electron chi connectivity index (χ3n) is 1.81. The van der Waals surface area contributed by atoms with E-state index in [1.807, 2.05) is 20.1 Å². The van der Waals surface area contributed by atoms with E-state index < -0.39 is 0 Å². The number of nitrogens with zero attached hydrogens (tertiary/aromatic N) is 3. The topological polar surface area (TPSA) is 54.5 Å². The number of rotatable bonds is 3. The van der Waals surface area contributed by atoms with Gasteiger partial charge in [0, 0.05) is 5.69 Å². The van der Waals surface area contributed by atoms with Crippen LogP contribution in [0.3, 0.4) is 0 Å². The zero-order valence-corrected chi connectivity index (χ0v) is 11.0. The molecule has 0 bridgehead atoms. The van der Waals surface area contributed by atoms with Crippen molar-refractivity contribution in [3.63, 3.8) is 0 Å². The van der Waals surface area contributed by atoms with E-state index in [2.05, 4.69) is 20.4 Å². The van der Waals surface area contributed by atoms with Crippen molar-refractivity contribution < 1.29 is 0 Å². The molecule has 0 atom stereocenters. The second-order valence-corrected chi connectivity index (χ2v) is 6.19. The largest absolute Gasteiger partial charge is 0.281 e. The Morgan fingerprint density at radius 3 is 2.47 bits per heavy atom. The lowest BCUT2D eigenvalue weighted by atomic mass is 10.4. The number of aryl methyl sites for hydroxylation is 2. The summed E-state index contributed by atoms with van der Waals surface area (Å²) in [5.41, 5.74) is 2.09. The van der Waals surface area contributed by atoms with Gasteiger partial charge in [-0.3, -0.25) is 5.10 Å². The van der Waals surface area contributed by atoms with Crippen LogP contribution in [0.4, 0.5) is 0 Å². The SMILES string of the molecule is CSc1nnc(Sc2c(C)n[nH]c2C)s1. The van der Waals surface area contributed by atoms with Crippen LogP contribution in [0.1, 0.15) is 11.4 Å². The normalized spacial score (nSPS) is 10.9. The molecule has 0 aliphatic heterocycles. The molecule has 15 heavy (non-hydrogen) atoms. The van der Waals surface area contributed by atoms with Crippen LogP contribution in [0.2, 0.25) is 0 Å². The highest BCUT2D eigenvalue weighted by molar-refractivity contribution is 8.03. The van der Waals surface area contributed by atoms with E-state index in [4.69, 9.17) is 0 Å². The van der Waals surface area contributed by atoms with Crippen LogP contribution < -0.4 is 0 Å². The molecule has 0 radical (unpaired) electrons. The Balaban J connectivity index is 2.21. The zero-order chi connectivity index (χ0) is 10.8. The van der Waals surface area contributed by atoms with Crippen molar-refractivity contribution in [2.24, 2.45) is 0 Å². The van der Waals surface area contributed by atoms with E-state index >= 15 is 0 Å². The standard InChI is InChI=1S/C8H10N4S3/c1-4-6(5(2)10-9-4)14-8-12-11-7(13-3)15-8/h1-3H3,(H,9,10). The van der Waals surface area contributed by atoms with E-state index in [-0.39, 0.29) is 0 Å². The van der Waals surface area contributed by atoms with Gasteiger partial charge in [0.2, 0.25) is 0 Å². The van der Waals surface area contributed by atoms with Crippen LogP contribution in [0.15, 0.2) is 13.6 Å². The first-order chi connectivity index (χ1) is 7.20. The van der Waals surface area contributed by atoms with E-state index in [0.29, 0.717) is 0 Å². The second kappa shape index (κ2) is 4.54. The van der Waals surface area contributed by atoms with Gasteiger partial charge in [-0.15, -0.1) is 10.2 Å². The van der Waals surface area contributed by atoms with Gasteiger partial charge in [-0.25, -0.2) is 0 Å². The minimum atomic E-state index is 0.965. The van der Waals surface area contributed by atoms with Crippen LogP contribution in [0.5, 0.6) is 0 Å². The number of nitrogens with one attached hydrogen (secondary N) is 1. The molecule has 4 nitrogen and oxygen atoms in total. The molecule has 2 aromatic rings. The fraction of sp³-hybridized carbons (Fsp3) is 0.375. The fourth-order valence-corrected chi connectivity index (χ4v) is 3.56. The Labute approximate surface area is 100 Å². The van der Waals surface area contributed by atoms with Crippen LogP contribution >= 0.6 is 34.9 Å². The van der Waals surface area contributed by atoms with Gasteiger partial charge < -0.3 is 0 Å². The third-order valence-corrected chi connectivity index (χ3v) is 5.07. The first-order valence-electron chi connectivity index (χ1n) is 4.27. The predicted octanol–water partition coefficient (Wildman–Crippen LogP) is 2.75. The van der Waals surface area contributed by atoms with Crippen molar-refractivity contribution in [1.82, 2.24) is 20.4 Å². The summed E-state index contributed by atoms with van der Waals surface area (Å²) in [4.78, 5) is 1.15. The predicted molar refractivity (Wildman–Crippen MR) is 63.9 cm³/mol. The van der Waals surface area contributed by atoms with Crippen LogP contribution in [-0.4, -0.2) is 26.7 Å². The van der Waals surface area contributed by atoms with E-state index in [1.54, 1.807) is 34.9 Å². The number of H-pyrrole nitrogens is 1. The van der Waals surface area contributed by atoms with Gasteiger partial charge in [0.15, 0.2) is 8.68 Å². The molecule has 2 rings (SSSR count). The maximum absolute atomic E-state index is 4.14. The highest BCUT2D eigenvalue weighted by atomic mass is 32.2. The molecule has 0 aromatic carbocycles. The van der Waals surface area contributed by atoms with Gasteiger partial charge in [0.25, 0.3) is 0 Å². The smallest absolute Gasteiger partial charge is 0.180 e. The number of thioether (sulfide) groups is 1. The minimum Gasteiger partial charge on any atom is -0.281 e. The van der Waals surface area contributed by atoms with Crippen molar-refractivity contribution in [3.8, 4) is 0 Å². The molecule has 0 aliphatic carbocycles. The molecule has 1 N–H and O–H groups in total. The van der Waals surface area contributed by atoms with Crippen molar-refractivity contribution >= 4 is 34.9 Å². The van der Waals surface area contributed by atoms with Gasteiger partial charge in [-0.05, 0) is 20.1 Å². The number of hydrogen-bond acceptors (Lipinski definition) is 6. The molecular formula is C8H10N4S3. The summed E-state index contributed by atoms with van der Waals surface area (Å²) in [6.07, 6.45) is 2.00. The average Bonchev–Trinajstić information content (AvgIpc) is 2.80. The molecule has 2 heterocycles. The molecule has 80 valence electrons. The van der Waals surface area contributed by atoms with E-state index in [9.17, 15) is 0 Å². The first kappa shape index (κ1) is 11.0. The van der Waals surface area contributed by atoms with Crippen molar-refractivity contribution in [3.05, 3.63) is 11.4 Å². The number of hydrogen-bond donors (Lipinski definition) is 1. The summed E-state index contributed by atoms with van der Waals surface area (Å²) in [6, 6.07) is 0. The summed E-state index contributed by atoms with van der Waals surface area (Å²) in [7, 11) is 0. The maximum Gasteiger partial charge on any atom is 0.180 e. The number of aromatic nitrogens is 4. The Kier molecular flexibility index (Phi) is 3.32. The summed E-state index contributed by atoms with van der Waals surface area (Å²) in [6.45, 7) is 4.00. The molecule has 0 spiro atoms. The highest BCUT2D eigenvalue weighted by Crippen LogP contribution is 2.35. The lowest BCUT2D eigenvalue weighted by molar-refractivity contribution is 0.955. The summed E-state index contributed by atoms with van der Waals surface area (Å²) in [5, 5.41) is 15.3. The van der Waals surface area contributed by atoms with Crippen molar-refractivity contribution in [2.45, 2.75) is 27.4 Å². The first-order valence-corrected chi connectivity index (χ1v) is 7.13. The van der Waals surface area contributed by atoms with Crippen LogP contribution in [0, 0.1) is 13.8 Å². The lowest BCUT2D eigenvalue weighted by Gasteiger charge is -1.94. The molecule has 0 amide bonds. The average molecular weight is 258 g/mol. The summed E-state index contributed by atoms with van der Waals surface area (Å²) in [5.74, 6) is 0. The highest BCUT2D eigenvalue weighted by Gasteiger charge is 2.11. The van der Waals surface area contributed by atoms with Gasteiger partial charge in [-0.1, -0.05) is 34.9 Å². The third kappa shape index (κ3) is 2.35. The zero-order valence-electron chi connectivity index (χ0n) is 8.57. The molecule has 7 heteroatoms. The fourth-order valence-electron chi connectivity index (χ4n) is 1.10. The Morgan fingerprint density at radius 2 is 1.93 bits per heavy atom. The second-order valence-electron chi connectivity index (χ2n) is 2.90. The summed E-state index contributed by atoms with van der Waals surface area (Å²) < 4.78 is 1.96. The monoisotopic (exact) mass is 258 g/mol. The molecule has 0 aliphatic rings. The lowest BCUT2D eigenvalue weighted by Crippen LogP contribution is -1.77. The van der Waals surface area contributed by atoms with Crippen LogP contribution in [0.25, 0.3) is 0 Å². The quantitative estimate of drug-likeness (QED) is 0.858. The minimum absolute atomic E-state index is 0.965. The van der Waals surface area contributed by atoms with Crippen molar-refractivity contribution in [1.29, 1.82) is 0 Å². The molecule has 0 fully saturated rings. The Bertz CT molecular complexity index is 443. The molecule has 0 saturated carbocycles. The van der Waals surface area contributed by atoms with Crippen molar-refractivity contribution in [2.75, 3.05) is 6.26 Å². The maximum atomic E-state index is 4.14. The Morgan fingerprint density at radius 1 is 1.20 bits per heavy atom. The number of aromatic amines is 1. The summed E-state index contributed by atoms with van der Waals surface area (Å²) >= 11 is 4.85. The van der Waals surface area contributed by atoms with E-state index in [0.717, 1.165) is 25.0 Å². The van der Waals surface area contributed by atoms with E-state index in [1.165, 1.54) is 0 Å². The Hall–Kier alpha value is -0.530. The van der Waals surface area contributed by atoms with Gasteiger partial charge in [0.05, 0.1) is 10.6 Å². The van der Waals surface area contributed by atoms with Gasteiger partial charge >= 0.3 is 0 Å². The molecular weight excluding hydrogens is 248 g/mol. The molecule has 0 unspecified atom stereocenters. The van der Waals surface area contributed by atoms with Gasteiger partial charge in [-0.2, -0.15) is 5.10 Å². The van der Waals surface area contributed by atoms with Crippen LogP contribution in [-0.2, 0) is 0 Å². The molecule has 0 saturated heterocycles.